The number of aromatic nitrogens is 2. The molecule has 0 bridgehead atoms. The lowest BCUT2D eigenvalue weighted by molar-refractivity contribution is -0.123. The third-order valence-electron chi connectivity index (χ3n) is 8.36. The molecule has 0 radical (unpaired) electrons. The number of piperidine rings is 1. The molecule has 3 fully saturated rings. The van der Waals surface area contributed by atoms with Crippen molar-refractivity contribution < 1.29 is 4.79 Å². The number of ketones is 1. The lowest BCUT2D eigenvalue weighted by atomic mass is 9.82. The Morgan fingerprint density at radius 3 is 2.29 bits per heavy atom. The van der Waals surface area contributed by atoms with Crippen molar-refractivity contribution in [3.8, 4) is 0 Å². The van der Waals surface area contributed by atoms with Crippen LogP contribution in [0.4, 0.5) is 5.95 Å². The van der Waals surface area contributed by atoms with E-state index in [1.165, 1.54) is 31.2 Å². The fourth-order valence-electron chi connectivity index (χ4n) is 5.97. The molecule has 2 saturated heterocycles. The van der Waals surface area contributed by atoms with Gasteiger partial charge in [0.25, 0.3) is 0 Å². The van der Waals surface area contributed by atoms with Crippen LogP contribution in [-0.4, -0.2) is 100 Å². The summed E-state index contributed by atoms with van der Waals surface area (Å²) in [5.41, 5.74) is 7.56. The summed E-state index contributed by atoms with van der Waals surface area (Å²) >= 11 is 0. The molecule has 0 amide bonds. The SMILES string of the molecule is CC(C)C(=O)CN1CCN(C2CCC(c3cnc(NC4CC(N)CN(C(C)C)C4)nc3)CC2)CC1. The van der Waals surface area contributed by atoms with Gasteiger partial charge < -0.3 is 11.1 Å². The first-order valence-corrected chi connectivity index (χ1v) is 13.9. The molecule has 35 heavy (non-hydrogen) atoms. The number of hydrogen-bond acceptors (Lipinski definition) is 8. The van der Waals surface area contributed by atoms with Gasteiger partial charge in [-0.25, -0.2) is 9.97 Å². The van der Waals surface area contributed by atoms with Crippen molar-refractivity contribution in [1.29, 1.82) is 0 Å². The second kappa shape index (κ2) is 12.1. The zero-order valence-corrected chi connectivity index (χ0v) is 22.3. The number of nitrogens with two attached hydrogens (primary N) is 1. The van der Waals surface area contributed by atoms with Crippen LogP contribution in [0.3, 0.4) is 0 Å². The van der Waals surface area contributed by atoms with E-state index >= 15 is 0 Å². The fourth-order valence-corrected chi connectivity index (χ4v) is 5.97. The van der Waals surface area contributed by atoms with Gasteiger partial charge in [-0.05, 0) is 57.4 Å². The lowest BCUT2D eigenvalue weighted by Gasteiger charge is -2.42. The highest BCUT2D eigenvalue weighted by atomic mass is 16.1. The predicted octanol–water partition coefficient (Wildman–Crippen LogP) is 2.57. The minimum absolute atomic E-state index is 0.137. The standard InChI is InChI=1S/C27H47N7O/c1-19(2)26(35)18-32-9-11-33(12-10-32)25-7-5-21(6-8-25)22-14-29-27(30-15-22)31-24-13-23(28)16-34(17-24)20(3)4/h14-15,19-21,23-25H,5-13,16-18,28H2,1-4H3,(H,29,30,31). The summed E-state index contributed by atoms with van der Waals surface area (Å²) < 4.78 is 0. The van der Waals surface area contributed by atoms with Gasteiger partial charge in [0, 0.05) is 81.7 Å². The molecular formula is C27H47N7O. The van der Waals surface area contributed by atoms with Crippen molar-refractivity contribution in [3.63, 3.8) is 0 Å². The summed E-state index contributed by atoms with van der Waals surface area (Å²) in [7, 11) is 0. The van der Waals surface area contributed by atoms with Gasteiger partial charge in [-0.2, -0.15) is 0 Å². The van der Waals surface area contributed by atoms with Crippen LogP contribution in [0.2, 0.25) is 0 Å². The largest absolute Gasteiger partial charge is 0.350 e. The maximum atomic E-state index is 12.1. The molecule has 196 valence electrons. The first kappa shape index (κ1) is 26.5. The summed E-state index contributed by atoms with van der Waals surface area (Å²) in [6.45, 7) is 15.2. The topological polar surface area (TPSA) is 90.6 Å². The average molecular weight is 486 g/mol. The molecule has 4 rings (SSSR count). The summed E-state index contributed by atoms with van der Waals surface area (Å²) in [4.78, 5) is 28.8. The van der Waals surface area contributed by atoms with Crippen LogP contribution in [0.25, 0.3) is 0 Å². The van der Waals surface area contributed by atoms with Crippen LogP contribution in [0.5, 0.6) is 0 Å². The summed E-state index contributed by atoms with van der Waals surface area (Å²) in [5, 5.41) is 3.52. The van der Waals surface area contributed by atoms with Crippen molar-refractivity contribution in [3.05, 3.63) is 18.0 Å². The molecule has 3 heterocycles. The number of piperazine rings is 1. The van der Waals surface area contributed by atoms with Crippen molar-refractivity contribution in [2.45, 2.75) is 89.9 Å². The Hall–Kier alpha value is -1.61. The quantitative estimate of drug-likeness (QED) is 0.581. The Balaban J connectivity index is 1.21. The van der Waals surface area contributed by atoms with E-state index in [0.717, 1.165) is 51.6 Å². The number of hydrogen-bond donors (Lipinski definition) is 2. The maximum absolute atomic E-state index is 12.1. The molecular weight excluding hydrogens is 438 g/mol. The van der Waals surface area contributed by atoms with Crippen LogP contribution in [0.1, 0.15) is 71.3 Å². The number of likely N-dealkylation sites (tertiary alicyclic amines) is 1. The zero-order chi connectivity index (χ0) is 24.9. The molecule has 0 spiro atoms. The van der Waals surface area contributed by atoms with E-state index < -0.39 is 0 Å². The monoisotopic (exact) mass is 485 g/mol. The second-order valence-corrected chi connectivity index (χ2v) is 11.7. The van der Waals surface area contributed by atoms with Crippen LogP contribution < -0.4 is 11.1 Å². The van der Waals surface area contributed by atoms with Crippen LogP contribution in [0.15, 0.2) is 12.4 Å². The fraction of sp³-hybridized carbons (Fsp3) is 0.815. The first-order valence-electron chi connectivity index (χ1n) is 13.9. The Morgan fingerprint density at radius 1 is 1.03 bits per heavy atom. The Kier molecular flexibility index (Phi) is 9.13. The highest BCUT2D eigenvalue weighted by molar-refractivity contribution is 5.82. The molecule has 3 N–H and O–H groups in total. The minimum atomic E-state index is 0.137. The first-order chi connectivity index (χ1) is 16.8. The number of anilines is 1. The van der Waals surface area contributed by atoms with Crippen molar-refractivity contribution in [1.82, 2.24) is 24.7 Å². The van der Waals surface area contributed by atoms with Gasteiger partial charge in [-0.1, -0.05) is 13.8 Å². The van der Waals surface area contributed by atoms with Crippen molar-refractivity contribution in [2.24, 2.45) is 11.7 Å². The molecule has 2 unspecified atom stereocenters. The highest BCUT2D eigenvalue weighted by Crippen LogP contribution is 2.34. The molecule has 2 aliphatic heterocycles. The van der Waals surface area contributed by atoms with Crippen LogP contribution >= 0.6 is 0 Å². The maximum Gasteiger partial charge on any atom is 0.222 e. The Morgan fingerprint density at radius 2 is 1.69 bits per heavy atom. The molecule has 8 heteroatoms. The molecule has 1 aromatic rings. The van der Waals surface area contributed by atoms with Crippen LogP contribution in [0, 0.1) is 5.92 Å². The van der Waals surface area contributed by atoms with Gasteiger partial charge in [0.2, 0.25) is 5.95 Å². The number of nitrogens with one attached hydrogen (secondary N) is 1. The van der Waals surface area contributed by atoms with Crippen molar-refractivity contribution in [2.75, 3.05) is 51.1 Å². The summed E-state index contributed by atoms with van der Waals surface area (Å²) in [6, 6.07) is 1.67. The Labute approximate surface area is 212 Å². The van der Waals surface area contributed by atoms with Gasteiger partial charge in [-0.3, -0.25) is 19.5 Å². The zero-order valence-electron chi connectivity index (χ0n) is 22.3. The minimum Gasteiger partial charge on any atom is -0.350 e. The van der Waals surface area contributed by atoms with Gasteiger partial charge in [0.05, 0.1) is 6.54 Å². The number of Topliss-reactive ketones (excluding diaryl/α,β-unsaturated/α-hetero) is 1. The van der Waals surface area contributed by atoms with E-state index in [9.17, 15) is 4.79 Å². The highest BCUT2D eigenvalue weighted by Gasteiger charge is 2.30. The predicted molar refractivity (Wildman–Crippen MR) is 142 cm³/mol. The van der Waals surface area contributed by atoms with E-state index in [1.54, 1.807) is 0 Å². The van der Waals surface area contributed by atoms with Gasteiger partial charge in [-0.15, -0.1) is 0 Å². The molecule has 1 aliphatic carbocycles. The molecule has 8 nitrogen and oxygen atoms in total. The summed E-state index contributed by atoms with van der Waals surface area (Å²) in [5.74, 6) is 1.78. The Bertz CT molecular complexity index is 798. The second-order valence-electron chi connectivity index (χ2n) is 11.7. The third kappa shape index (κ3) is 7.21. The molecule has 1 aromatic heterocycles. The number of nitrogens with zero attached hydrogens (tertiary/aromatic N) is 5. The van der Waals surface area contributed by atoms with E-state index in [1.807, 2.05) is 26.2 Å². The number of carbonyl (C=O) groups is 1. The molecule has 0 aromatic carbocycles. The molecule has 2 atom stereocenters. The van der Waals surface area contributed by atoms with E-state index in [0.29, 0.717) is 36.4 Å². The normalized spacial score (nSPS) is 29.6. The van der Waals surface area contributed by atoms with Crippen LogP contribution in [-0.2, 0) is 4.79 Å². The molecule has 1 saturated carbocycles. The number of rotatable bonds is 8. The average Bonchev–Trinajstić information content (AvgIpc) is 2.85. The van der Waals surface area contributed by atoms with Gasteiger partial charge >= 0.3 is 0 Å². The lowest BCUT2D eigenvalue weighted by Crippen LogP contribution is -2.53. The van der Waals surface area contributed by atoms with E-state index in [-0.39, 0.29) is 12.0 Å². The van der Waals surface area contributed by atoms with E-state index in [4.69, 9.17) is 5.73 Å². The smallest absolute Gasteiger partial charge is 0.222 e. The van der Waals surface area contributed by atoms with Crippen molar-refractivity contribution >= 4 is 11.7 Å². The van der Waals surface area contributed by atoms with Gasteiger partial charge in [0.1, 0.15) is 5.78 Å². The molecule has 3 aliphatic rings. The number of carbonyl (C=O) groups excluding carboxylic acids is 1. The van der Waals surface area contributed by atoms with Gasteiger partial charge in [0.15, 0.2) is 0 Å². The summed E-state index contributed by atoms with van der Waals surface area (Å²) in [6.07, 6.45) is 9.91. The third-order valence-corrected chi connectivity index (χ3v) is 8.36. The van der Waals surface area contributed by atoms with E-state index in [2.05, 4.69) is 43.8 Å².